The van der Waals surface area contributed by atoms with Gasteiger partial charge in [-0.3, -0.25) is 0 Å². The third-order valence-corrected chi connectivity index (χ3v) is 4.76. The third-order valence-electron chi connectivity index (χ3n) is 2.35. The van der Waals surface area contributed by atoms with Gasteiger partial charge < -0.3 is 4.74 Å². The molecule has 0 aliphatic heterocycles. The summed E-state index contributed by atoms with van der Waals surface area (Å²) in [5.41, 5.74) is 0. The van der Waals surface area contributed by atoms with Gasteiger partial charge >= 0.3 is 0 Å². The van der Waals surface area contributed by atoms with Crippen molar-refractivity contribution in [2.24, 2.45) is 0 Å². The predicted octanol–water partition coefficient (Wildman–Crippen LogP) is 1.69. The maximum Gasteiger partial charge on any atom is 0.214 e. The van der Waals surface area contributed by atoms with Gasteiger partial charge in [-0.25, -0.2) is 8.42 Å². The maximum absolute atomic E-state index is 12.0. The van der Waals surface area contributed by atoms with E-state index >= 15 is 0 Å². The number of ether oxygens (including phenoxy) is 1. The summed E-state index contributed by atoms with van der Waals surface area (Å²) in [6.07, 6.45) is 1.35. The quantitative estimate of drug-likeness (QED) is 0.474. The monoisotopic (exact) mass is 271 g/mol. The molecule has 0 aromatic carbocycles. The second kappa shape index (κ2) is 8.28. The van der Waals surface area contributed by atoms with Crippen molar-refractivity contribution in [2.75, 3.05) is 31.9 Å². The van der Waals surface area contributed by atoms with Gasteiger partial charge in [0, 0.05) is 25.6 Å². The first-order chi connectivity index (χ1) is 7.49. The number of likely N-dealkylation sites (N-methyl/N-ethyl adjacent to an activating group) is 1. The molecule has 16 heavy (non-hydrogen) atoms. The molecule has 0 aliphatic rings. The SMILES string of the molecule is CCN(C(C)COC)S(=O)(=O)CCCCCl. The lowest BCUT2D eigenvalue weighted by molar-refractivity contribution is 0.142. The van der Waals surface area contributed by atoms with E-state index in [-0.39, 0.29) is 11.8 Å². The first kappa shape index (κ1) is 16.2. The van der Waals surface area contributed by atoms with Gasteiger partial charge in [-0.05, 0) is 19.8 Å². The van der Waals surface area contributed by atoms with Crippen LogP contribution >= 0.6 is 11.6 Å². The van der Waals surface area contributed by atoms with E-state index in [9.17, 15) is 8.42 Å². The molecule has 0 heterocycles. The molecule has 0 N–H and O–H groups in total. The smallest absolute Gasteiger partial charge is 0.214 e. The van der Waals surface area contributed by atoms with E-state index in [0.717, 1.165) is 6.42 Å². The van der Waals surface area contributed by atoms with Crippen molar-refractivity contribution in [2.45, 2.75) is 32.7 Å². The lowest BCUT2D eigenvalue weighted by atomic mass is 10.4. The van der Waals surface area contributed by atoms with E-state index in [0.29, 0.717) is 25.5 Å². The van der Waals surface area contributed by atoms with Crippen molar-refractivity contribution in [3.8, 4) is 0 Å². The van der Waals surface area contributed by atoms with Gasteiger partial charge in [-0.1, -0.05) is 6.92 Å². The van der Waals surface area contributed by atoms with Crippen molar-refractivity contribution in [3.63, 3.8) is 0 Å². The zero-order valence-corrected chi connectivity index (χ0v) is 11.9. The molecule has 0 fully saturated rings. The van der Waals surface area contributed by atoms with Crippen LogP contribution in [0.2, 0.25) is 0 Å². The number of nitrogens with zero attached hydrogens (tertiary/aromatic N) is 1. The van der Waals surface area contributed by atoms with Crippen molar-refractivity contribution < 1.29 is 13.2 Å². The lowest BCUT2D eigenvalue weighted by Gasteiger charge is -2.26. The Balaban J connectivity index is 4.42. The number of unbranched alkanes of at least 4 members (excludes halogenated alkanes) is 1. The molecule has 1 unspecified atom stereocenters. The fourth-order valence-corrected chi connectivity index (χ4v) is 3.60. The number of rotatable bonds is 9. The van der Waals surface area contributed by atoms with Crippen LogP contribution in [0.5, 0.6) is 0 Å². The summed E-state index contributed by atoms with van der Waals surface area (Å²) in [4.78, 5) is 0. The van der Waals surface area contributed by atoms with Gasteiger partial charge in [-0.2, -0.15) is 4.31 Å². The van der Waals surface area contributed by atoms with Crippen LogP contribution in [-0.2, 0) is 14.8 Å². The minimum atomic E-state index is -3.17. The van der Waals surface area contributed by atoms with E-state index < -0.39 is 10.0 Å². The standard InChI is InChI=1S/C10H22ClNO3S/c1-4-12(10(2)9-15-3)16(13,14)8-6-5-7-11/h10H,4-9H2,1-3H3. The molecule has 0 spiro atoms. The summed E-state index contributed by atoms with van der Waals surface area (Å²) in [7, 11) is -1.60. The van der Waals surface area contributed by atoms with Crippen LogP contribution in [0.1, 0.15) is 26.7 Å². The maximum atomic E-state index is 12.0. The molecule has 0 aromatic heterocycles. The van der Waals surface area contributed by atoms with E-state index in [1.807, 2.05) is 13.8 Å². The highest BCUT2D eigenvalue weighted by Crippen LogP contribution is 2.10. The first-order valence-electron chi connectivity index (χ1n) is 5.54. The van der Waals surface area contributed by atoms with Gasteiger partial charge in [0.15, 0.2) is 0 Å². The molecule has 0 rings (SSSR count). The number of methoxy groups -OCH3 is 1. The second-order valence-corrected chi connectivity index (χ2v) is 6.14. The van der Waals surface area contributed by atoms with Crippen molar-refractivity contribution >= 4 is 21.6 Å². The summed E-state index contributed by atoms with van der Waals surface area (Å²) in [5, 5.41) is 0. The molecule has 0 saturated heterocycles. The van der Waals surface area contributed by atoms with E-state index in [2.05, 4.69) is 0 Å². The molecule has 0 bridgehead atoms. The van der Waals surface area contributed by atoms with E-state index in [4.69, 9.17) is 16.3 Å². The van der Waals surface area contributed by atoms with E-state index in [1.54, 1.807) is 7.11 Å². The zero-order valence-electron chi connectivity index (χ0n) is 10.3. The van der Waals surface area contributed by atoms with Gasteiger partial charge in [0.05, 0.1) is 12.4 Å². The molecule has 0 aliphatic carbocycles. The number of alkyl halides is 1. The Morgan fingerprint density at radius 1 is 1.38 bits per heavy atom. The van der Waals surface area contributed by atoms with Crippen LogP contribution in [0.25, 0.3) is 0 Å². The molecular weight excluding hydrogens is 250 g/mol. The molecule has 6 heteroatoms. The Bertz CT molecular complexity index is 269. The largest absolute Gasteiger partial charge is 0.383 e. The Labute approximate surface area is 104 Å². The molecule has 0 radical (unpaired) electrons. The predicted molar refractivity (Wildman–Crippen MR) is 67.5 cm³/mol. The summed E-state index contributed by atoms with van der Waals surface area (Å²) >= 11 is 5.53. The summed E-state index contributed by atoms with van der Waals surface area (Å²) in [5.74, 6) is 0.677. The molecular formula is C10H22ClNO3S. The first-order valence-corrected chi connectivity index (χ1v) is 7.68. The summed E-state index contributed by atoms with van der Waals surface area (Å²) < 4.78 is 30.4. The molecule has 98 valence electrons. The summed E-state index contributed by atoms with van der Waals surface area (Å²) in [6.45, 7) is 4.59. The summed E-state index contributed by atoms with van der Waals surface area (Å²) in [6, 6.07) is -0.115. The minimum absolute atomic E-state index is 0.115. The highest BCUT2D eigenvalue weighted by Gasteiger charge is 2.24. The number of sulfonamides is 1. The van der Waals surface area contributed by atoms with Gasteiger partial charge in [-0.15, -0.1) is 11.6 Å². The molecule has 4 nitrogen and oxygen atoms in total. The van der Waals surface area contributed by atoms with Crippen LogP contribution in [0.15, 0.2) is 0 Å². The van der Waals surface area contributed by atoms with E-state index in [1.165, 1.54) is 4.31 Å². The van der Waals surface area contributed by atoms with Crippen LogP contribution in [0.3, 0.4) is 0 Å². The van der Waals surface area contributed by atoms with Crippen molar-refractivity contribution in [3.05, 3.63) is 0 Å². The third kappa shape index (κ3) is 5.48. The molecule has 0 amide bonds. The van der Waals surface area contributed by atoms with Crippen LogP contribution in [0.4, 0.5) is 0 Å². The highest BCUT2D eigenvalue weighted by atomic mass is 35.5. The Morgan fingerprint density at radius 3 is 2.44 bits per heavy atom. The molecule has 0 saturated carbocycles. The topological polar surface area (TPSA) is 46.6 Å². The number of hydrogen-bond acceptors (Lipinski definition) is 3. The zero-order chi connectivity index (χ0) is 12.6. The van der Waals surface area contributed by atoms with Gasteiger partial charge in [0.1, 0.15) is 0 Å². The van der Waals surface area contributed by atoms with Crippen LogP contribution in [-0.4, -0.2) is 50.7 Å². The fraction of sp³-hybridized carbons (Fsp3) is 1.00. The minimum Gasteiger partial charge on any atom is -0.383 e. The van der Waals surface area contributed by atoms with Crippen LogP contribution in [0, 0.1) is 0 Å². The highest BCUT2D eigenvalue weighted by molar-refractivity contribution is 7.89. The molecule has 1 atom stereocenters. The van der Waals surface area contributed by atoms with Crippen molar-refractivity contribution in [1.29, 1.82) is 0 Å². The van der Waals surface area contributed by atoms with Crippen LogP contribution < -0.4 is 0 Å². The number of halogens is 1. The number of hydrogen-bond donors (Lipinski definition) is 0. The Morgan fingerprint density at radius 2 is 2.00 bits per heavy atom. The second-order valence-electron chi connectivity index (χ2n) is 3.72. The average molecular weight is 272 g/mol. The normalized spacial score (nSPS) is 14.3. The Hall–Kier alpha value is 0.160. The van der Waals surface area contributed by atoms with Crippen molar-refractivity contribution in [1.82, 2.24) is 4.31 Å². The van der Waals surface area contributed by atoms with Gasteiger partial charge in [0.2, 0.25) is 10.0 Å². The Kier molecular flexibility index (Phi) is 8.36. The lowest BCUT2D eigenvalue weighted by Crippen LogP contribution is -2.42. The fourth-order valence-electron chi connectivity index (χ4n) is 1.60. The molecule has 0 aromatic rings. The average Bonchev–Trinajstić information content (AvgIpc) is 2.18. The van der Waals surface area contributed by atoms with Gasteiger partial charge in [0.25, 0.3) is 0 Å².